The molecule has 13 N–H and O–H groups in total. The normalized spacial score (nSPS) is 43.2. The van der Waals surface area contributed by atoms with E-state index in [2.05, 4.69) is 16.0 Å². The number of esters is 1. The van der Waals surface area contributed by atoms with Gasteiger partial charge in [0.25, 0.3) is 0 Å². The number of amides is 3. The summed E-state index contributed by atoms with van der Waals surface area (Å²) in [4.78, 5) is 94.5. The minimum absolute atomic E-state index is 0.0934. The van der Waals surface area contributed by atoms with Crippen LogP contribution >= 0.6 is 11.8 Å². The van der Waals surface area contributed by atoms with Crippen molar-refractivity contribution in [2.45, 2.75) is 132 Å². The highest BCUT2D eigenvalue weighted by Gasteiger charge is 2.74. The molecular weight excluding hydrogens is 947 g/mol. The lowest BCUT2D eigenvalue weighted by Crippen LogP contribution is -2.69. The second-order valence-corrected chi connectivity index (χ2v) is 20.2. The van der Waals surface area contributed by atoms with Gasteiger partial charge in [0.1, 0.15) is 67.0 Å². The molecule has 2 aliphatic heterocycles. The molecule has 2 heterocycles. The topological polar surface area (TPSA) is 386 Å². The van der Waals surface area contributed by atoms with Gasteiger partial charge in [-0.1, -0.05) is 56.4 Å². The molecule has 23 nitrogen and oxygen atoms in total. The van der Waals surface area contributed by atoms with E-state index in [-0.39, 0.29) is 30.3 Å². The van der Waals surface area contributed by atoms with Crippen LogP contribution in [0.25, 0.3) is 0 Å². The second kappa shape index (κ2) is 22.1. The van der Waals surface area contributed by atoms with E-state index in [1.807, 2.05) is 12.2 Å². The Morgan fingerprint density at radius 2 is 1.49 bits per heavy atom. The molecule has 0 aromatic heterocycles. The highest BCUT2D eigenvalue weighted by atomic mass is 32.2. The molecule has 2 saturated heterocycles. The number of aliphatic hydroxyl groups excluding tert-OH is 9. The van der Waals surface area contributed by atoms with Crippen LogP contribution in [0.4, 0.5) is 0 Å². The Morgan fingerprint density at radius 3 is 2.10 bits per heavy atom. The lowest BCUT2D eigenvalue weighted by atomic mass is 9.43. The Kier molecular flexibility index (Phi) is 17.4. The number of ether oxygens (including phenoxy) is 3. The van der Waals surface area contributed by atoms with Crippen LogP contribution < -0.4 is 16.0 Å². The molecule has 0 aromatic rings. The number of aliphatic carboxylic acids is 1. The third kappa shape index (κ3) is 10.3. The highest BCUT2D eigenvalue weighted by Crippen LogP contribution is 2.62. The van der Waals surface area contributed by atoms with Gasteiger partial charge in [0.15, 0.2) is 29.4 Å². The summed E-state index contributed by atoms with van der Waals surface area (Å²) in [6.45, 7) is 4.96. The largest absolute Gasteiger partial charge is 0.478 e. The van der Waals surface area contributed by atoms with Crippen molar-refractivity contribution in [1.29, 1.82) is 0 Å². The average molecular weight is 1010 g/mol. The van der Waals surface area contributed by atoms with Crippen molar-refractivity contribution < 1.29 is 98.8 Å². The zero-order valence-corrected chi connectivity index (χ0v) is 39.5. The number of carbonyl (C=O) groups is 7. The first kappa shape index (κ1) is 54.9. The fourth-order valence-corrected chi connectivity index (χ4v) is 12.1. The Morgan fingerprint density at radius 1 is 0.843 bits per heavy atom. The fraction of sp³-hybridized carbons (Fsp3) is 0.674. The lowest BCUT2D eigenvalue weighted by molar-refractivity contribution is -0.319. The number of hydrogen-bond donors (Lipinski definition) is 13. The molecule has 388 valence electrons. The Labute approximate surface area is 406 Å². The molecule has 6 aliphatic rings. The quantitative estimate of drug-likeness (QED) is 0.0242. The van der Waals surface area contributed by atoms with Crippen molar-refractivity contribution in [3.63, 3.8) is 0 Å². The number of carboxylic acid groups (broad SMARTS) is 1. The number of aliphatic hydroxyl groups is 9. The van der Waals surface area contributed by atoms with Crippen molar-refractivity contribution in [3.05, 3.63) is 48.6 Å². The number of fused-ring (bicyclic) bond motifs is 3. The van der Waals surface area contributed by atoms with Crippen molar-refractivity contribution in [1.82, 2.24) is 16.0 Å². The summed E-state index contributed by atoms with van der Waals surface area (Å²) in [5.74, 6) is -9.99. The molecule has 3 amide bonds. The van der Waals surface area contributed by atoms with Gasteiger partial charge < -0.3 is 81.2 Å². The van der Waals surface area contributed by atoms with E-state index in [1.54, 1.807) is 13.8 Å². The van der Waals surface area contributed by atoms with Crippen LogP contribution in [-0.2, 0) is 47.8 Å². The van der Waals surface area contributed by atoms with Gasteiger partial charge in [-0.05, 0) is 24.7 Å². The fourth-order valence-electron chi connectivity index (χ4n) is 11.1. The first-order valence-electron chi connectivity index (χ1n) is 22.9. The number of carbonyl (C=O) groups excluding carboxylic acids is 6. The molecule has 24 heteroatoms. The third-order valence-electron chi connectivity index (χ3n) is 14.9. The van der Waals surface area contributed by atoms with Gasteiger partial charge in [0.05, 0.1) is 12.7 Å². The smallest absolute Gasteiger partial charge is 0.328 e. The summed E-state index contributed by atoms with van der Waals surface area (Å²) in [5.41, 5.74) is -3.83. The minimum atomic E-state index is -2.40. The standard InChI is InChI=1S/C46H63N3O20S/c1-18-25(47-19(2)51)14-24-23(31(18)55)12-11-21-13-22(9-7-5-6-8-10-29(53)54)46(43(65)45(21,24)4)40(63)28(68-44(46)66)17-70-16-26(48-20(3)52)41(64)49-30-33(57)32(56)27(15-50)67-42(30)69-39-37(61)35(59)34(58)36(60)38(39)62/h5-12,18,21-28,30-39,42,50,55-62H,13-17H2,1-4H3,(H,47,51)(H,48,52)(H,49,64)(H,53,54)/b6-5-,9-7-,10-8-/t18-,21-,22+,23+,24-,25+,26+,27-,28-,30+,31+,32+,33+,34?,35-,36+,37+,38+,39?,42+,45-,46-/m0/s1. The van der Waals surface area contributed by atoms with Crippen molar-refractivity contribution >= 4 is 53.0 Å². The highest BCUT2D eigenvalue weighted by molar-refractivity contribution is 7.99. The predicted molar refractivity (Wildman–Crippen MR) is 240 cm³/mol. The Hall–Kier alpha value is -4.44. The van der Waals surface area contributed by atoms with Crippen molar-refractivity contribution in [2.24, 2.45) is 40.4 Å². The Balaban J connectivity index is 1.24. The molecule has 6 rings (SSSR count). The maximum absolute atomic E-state index is 15.5. The minimum Gasteiger partial charge on any atom is -0.478 e. The summed E-state index contributed by atoms with van der Waals surface area (Å²) in [5, 5.41) is 112. The molecule has 5 fully saturated rings. The summed E-state index contributed by atoms with van der Waals surface area (Å²) in [7, 11) is 0. The molecule has 22 atom stereocenters. The molecule has 1 spiro atoms. The van der Waals surface area contributed by atoms with Gasteiger partial charge in [0, 0.05) is 60.6 Å². The molecule has 0 radical (unpaired) electrons. The van der Waals surface area contributed by atoms with Crippen molar-refractivity contribution in [3.8, 4) is 0 Å². The first-order valence-corrected chi connectivity index (χ1v) is 24.1. The zero-order valence-electron chi connectivity index (χ0n) is 38.7. The number of thioether (sulfide) groups is 1. The SMILES string of the molecule is CC(=O)N[C@H](CSC[C@@H]1OC(=O)[C@@]2(C1=O)C(=O)[C@@]1(C)[C@@H](C=C[C@H]3[C@H](O)[C@@H](C)[C@H](NC(C)=O)C[C@@H]31)C[C@H]2\C=C/C=C\C=C/C(=O)O)C(=O)N[C@H]1[C@@H](OC2[C@H](O)[C@H](O)C(O)[C@H](O)[C@H]2O)O[C@@H](CO)[C@@H](O)[C@@H]1O. The zero-order chi connectivity index (χ0) is 51.7. The van der Waals surface area contributed by atoms with E-state index in [0.29, 0.717) is 0 Å². The van der Waals surface area contributed by atoms with Gasteiger partial charge >= 0.3 is 11.9 Å². The van der Waals surface area contributed by atoms with Crippen LogP contribution in [0, 0.1) is 40.4 Å². The van der Waals surface area contributed by atoms with E-state index in [4.69, 9.17) is 19.3 Å². The molecule has 3 saturated carbocycles. The van der Waals surface area contributed by atoms with Crippen LogP contribution in [-0.4, -0.2) is 202 Å². The van der Waals surface area contributed by atoms with E-state index < -0.39 is 174 Å². The lowest BCUT2D eigenvalue weighted by Gasteiger charge is -2.58. The maximum Gasteiger partial charge on any atom is 0.328 e. The molecule has 2 unspecified atom stereocenters. The molecular formula is C46H63N3O20S. The number of allylic oxidation sites excluding steroid dienone is 6. The number of hydrogen-bond acceptors (Lipinski definition) is 20. The van der Waals surface area contributed by atoms with E-state index in [9.17, 15) is 74.7 Å². The van der Waals surface area contributed by atoms with Gasteiger partial charge in [-0.25, -0.2) is 4.79 Å². The first-order chi connectivity index (χ1) is 32.9. The number of Topliss-reactive ketones (excluding diaryl/α,β-unsaturated/α-hetero) is 2. The Bertz CT molecular complexity index is 2120. The summed E-state index contributed by atoms with van der Waals surface area (Å²) in [6.07, 6.45) is -10.1. The summed E-state index contributed by atoms with van der Waals surface area (Å²) < 4.78 is 17.0. The van der Waals surface area contributed by atoms with Crippen LogP contribution in [0.1, 0.15) is 40.5 Å². The van der Waals surface area contributed by atoms with E-state index >= 15 is 4.79 Å². The number of cyclic esters (lactones) is 1. The van der Waals surface area contributed by atoms with Crippen molar-refractivity contribution in [2.75, 3.05) is 18.1 Å². The van der Waals surface area contributed by atoms with Crippen LogP contribution in [0.5, 0.6) is 0 Å². The predicted octanol–water partition coefficient (Wildman–Crippen LogP) is -4.50. The number of nitrogens with one attached hydrogen (secondary N) is 3. The molecule has 4 aliphatic carbocycles. The molecule has 0 bridgehead atoms. The monoisotopic (exact) mass is 1010 g/mol. The summed E-state index contributed by atoms with van der Waals surface area (Å²) in [6, 6.07) is -3.85. The van der Waals surface area contributed by atoms with Gasteiger partial charge in [-0.3, -0.25) is 28.8 Å². The van der Waals surface area contributed by atoms with Gasteiger partial charge in [0.2, 0.25) is 17.7 Å². The number of carboxylic acids is 1. The second-order valence-electron chi connectivity index (χ2n) is 19.1. The van der Waals surface area contributed by atoms with Gasteiger partial charge in [-0.15, -0.1) is 0 Å². The van der Waals surface area contributed by atoms with Crippen LogP contribution in [0.15, 0.2) is 48.6 Å². The summed E-state index contributed by atoms with van der Waals surface area (Å²) >= 11 is 0.851. The molecule has 0 aromatic carbocycles. The third-order valence-corrected chi connectivity index (χ3v) is 16.0. The maximum atomic E-state index is 15.5. The number of ketones is 2. The number of rotatable bonds is 15. The van der Waals surface area contributed by atoms with Gasteiger partial charge in [-0.2, -0.15) is 11.8 Å². The van der Waals surface area contributed by atoms with E-state index in [1.165, 1.54) is 37.3 Å². The molecule has 70 heavy (non-hydrogen) atoms. The van der Waals surface area contributed by atoms with E-state index in [0.717, 1.165) is 24.8 Å². The average Bonchev–Trinajstić information content (AvgIpc) is 3.55. The van der Waals surface area contributed by atoms with Crippen LogP contribution in [0.3, 0.4) is 0 Å². The van der Waals surface area contributed by atoms with Crippen LogP contribution in [0.2, 0.25) is 0 Å².